The maximum absolute atomic E-state index is 13.0. The number of fused-ring (bicyclic) bond motifs is 2. The number of anilines is 1. The fraction of sp³-hybridized carbons (Fsp3) is 0. The monoisotopic (exact) mass is 341 g/mol. The van der Waals surface area contributed by atoms with Crippen LogP contribution in [0.4, 0.5) is 5.69 Å². The smallest absolute Gasteiger partial charge is 0.256 e. The molecule has 4 aromatic rings. The fourth-order valence-electron chi connectivity index (χ4n) is 3.13. The fourth-order valence-corrected chi connectivity index (χ4v) is 3.13. The standard InChI is InChI=1S/C21H15N3O2/c22-20(25)15-9-1-5-13-6-2-10-16(18(13)15)21(26)24-17-11-3-7-14-8-4-12-23-19(14)17/h1-12H,(H2,22,25)(H,24,26). The molecule has 126 valence electrons. The van der Waals surface area contributed by atoms with Crippen LogP contribution in [0.3, 0.4) is 0 Å². The Kier molecular flexibility index (Phi) is 3.82. The van der Waals surface area contributed by atoms with E-state index in [-0.39, 0.29) is 5.91 Å². The molecule has 0 bridgehead atoms. The van der Waals surface area contributed by atoms with E-state index in [9.17, 15) is 9.59 Å². The molecule has 0 saturated heterocycles. The zero-order valence-corrected chi connectivity index (χ0v) is 13.8. The Morgan fingerprint density at radius 1 is 0.808 bits per heavy atom. The lowest BCUT2D eigenvalue weighted by molar-refractivity contribution is 0.100. The Hall–Kier alpha value is -3.73. The number of para-hydroxylation sites is 1. The van der Waals surface area contributed by atoms with E-state index in [0.717, 1.165) is 10.8 Å². The lowest BCUT2D eigenvalue weighted by Crippen LogP contribution is -2.16. The molecule has 0 saturated carbocycles. The summed E-state index contributed by atoms with van der Waals surface area (Å²) in [4.78, 5) is 29.1. The van der Waals surface area contributed by atoms with Crippen LogP contribution in [0.25, 0.3) is 21.7 Å². The molecule has 4 rings (SSSR count). The van der Waals surface area contributed by atoms with Crippen molar-refractivity contribution in [3.8, 4) is 0 Å². The van der Waals surface area contributed by atoms with E-state index >= 15 is 0 Å². The van der Waals surface area contributed by atoms with Gasteiger partial charge < -0.3 is 11.1 Å². The van der Waals surface area contributed by atoms with Gasteiger partial charge in [0.1, 0.15) is 0 Å². The molecule has 0 fully saturated rings. The summed E-state index contributed by atoms with van der Waals surface area (Å²) < 4.78 is 0. The van der Waals surface area contributed by atoms with Gasteiger partial charge in [-0.05, 0) is 29.7 Å². The lowest BCUT2D eigenvalue weighted by atomic mass is 9.98. The Balaban J connectivity index is 1.83. The molecule has 0 radical (unpaired) electrons. The molecular weight excluding hydrogens is 326 g/mol. The molecule has 0 spiro atoms. The normalized spacial score (nSPS) is 10.8. The number of rotatable bonds is 3. The Morgan fingerprint density at radius 2 is 1.46 bits per heavy atom. The predicted octanol–water partition coefficient (Wildman–Crippen LogP) is 3.74. The summed E-state index contributed by atoms with van der Waals surface area (Å²) in [6.45, 7) is 0. The maximum atomic E-state index is 13.0. The zero-order chi connectivity index (χ0) is 18.1. The van der Waals surface area contributed by atoms with Crippen LogP contribution in [-0.4, -0.2) is 16.8 Å². The van der Waals surface area contributed by atoms with E-state index < -0.39 is 5.91 Å². The molecule has 3 N–H and O–H groups in total. The average molecular weight is 341 g/mol. The molecule has 0 atom stereocenters. The molecule has 1 heterocycles. The predicted molar refractivity (Wildman–Crippen MR) is 102 cm³/mol. The summed E-state index contributed by atoms with van der Waals surface area (Å²) in [6, 6.07) is 19.9. The minimum absolute atomic E-state index is 0.317. The van der Waals surface area contributed by atoms with E-state index in [2.05, 4.69) is 10.3 Å². The van der Waals surface area contributed by atoms with Crippen molar-refractivity contribution < 1.29 is 9.59 Å². The Morgan fingerprint density at radius 3 is 2.23 bits per heavy atom. The SMILES string of the molecule is NC(=O)c1cccc2cccc(C(=O)Nc3cccc4cccnc34)c12. The van der Waals surface area contributed by atoms with Gasteiger partial charge in [0.05, 0.1) is 11.2 Å². The van der Waals surface area contributed by atoms with Crippen molar-refractivity contribution >= 4 is 39.2 Å². The van der Waals surface area contributed by atoms with Crippen LogP contribution in [0, 0.1) is 0 Å². The molecule has 1 aromatic heterocycles. The third kappa shape index (κ3) is 2.65. The van der Waals surface area contributed by atoms with Crippen molar-refractivity contribution in [2.45, 2.75) is 0 Å². The number of hydrogen-bond acceptors (Lipinski definition) is 3. The molecule has 5 nitrogen and oxygen atoms in total. The molecule has 0 aliphatic rings. The highest BCUT2D eigenvalue weighted by atomic mass is 16.2. The number of nitrogens with one attached hydrogen (secondary N) is 1. The number of hydrogen-bond donors (Lipinski definition) is 2. The van der Waals surface area contributed by atoms with Crippen molar-refractivity contribution in [2.75, 3.05) is 5.32 Å². The van der Waals surface area contributed by atoms with E-state index in [1.807, 2.05) is 36.4 Å². The summed E-state index contributed by atoms with van der Waals surface area (Å²) in [7, 11) is 0. The second kappa shape index (κ2) is 6.29. The third-order valence-electron chi connectivity index (χ3n) is 4.30. The summed E-state index contributed by atoms with van der Waals surface area (Å²) in [5.41, 5.74) is 7.53. The maximum Gasteiger partial charge on any atom is 0.256 e. The molecule has 2 amide bonds. The number of benzene rings is 3. The number of nitrogens with two attached hydrogens (primary N) is 1. The van der Waals surface area contributed by atoms with Crippen LogP contribution in [-0.2, 0) is 0 Å². The van der Waals surface area contributed by atoms with Crippen LogP contribution in [0.15, 0.2) is 72.9 Å². The van der Waals surface area contributed by atoms with E-state index in [0.29, 0.717) is 27.7 Å². The molecule has 0 aliphatic carbocycles. The number of aromatic nitrogens is 1. The van der Waals surface area contributed by atoms with E-state index in [1.165, 1.54) is 0 Å². The van der Waals surface area contributed by atoms with Crippen LogP contribution in [0.2, 0.25) is 0 Å². The van der Waals surface area contributed by atoms with Gasteiger partial charge in [-0.1, -0.05) is 42.5 Å². The van der Waals surface area contributed by atoms with Crippen molar-refractivity contribution in [1.29, 1.82) is 0 Å². The van der Waals surface area contributed by atoms with Gasteiger partial charge in [0.25, 0.3) is 5.91 Å². The average Bonchev–Trinajstić information content (AvgIpc) is 2.67. The minimum Gasteiger partial charge on any atom is -0.366 e. The number of amides is 2. The first kappa shape index (κ1) is 15.8. The van der Waals surface area contributed by atoms with Crippen molar-refractivity contribution in [3.05, 3.63) is 84.1 Å². The largest absolute Gasteiger partial charge is 0.366 e. The highest BCUT2D eigenvalue weighted by molar-refractivity contribution is 6.19. The second-order valence-corrected chi connectivity index (χ2v) is 5.91. The van der Waals surface area contributed by atoms with Gasteiger partial charge in [-0.15, -0.1) is 0 Å². The summed E-state index contributed by atoms with van der Waals surface area (Å²) in [5.74, 6) is -0.884. The van der Waals surface area contributed by atoms with E-state index in [1.54, 1.807) is 36.5 Å². The first-order valence-corrected chi connectivity index (χ1v) is 8.12. The third-order valence-corrected chi connectivity index (χ3v) is 4.30. The van der Waals surface area contributed by atoms with E-state index in [4.69, 9.17) is 5.73 Å². The number of primary amides is 1. The topological polar surface area (TPSA) is 85.1 Å². The zero-order valence-electron chi connectivity index (χ0n) is 13.8. The van der Waals surface area contributed by atoms with Gasteiger partial charge in [-0.3, -0.25) is 14.6 Å². The number of nitrogens with zero attached hydrogens (tertiary/aromatic N) is 1. The van der Waals surface area contributed by atoms with Crippen molar-refractivity contribution in [1.82, 2.24) is 4.98 Å². The quantitative estimate of drug-likeness (QED) is 0.595. The second-order valence-electron chi connectivity index (χ2n) is 5.91. The number of carbonyl (C=O) groups excluding carboxylic acids is 2. The molecule has 0 aliphatic heterocycles. The van der Waals surface area contributed by atoms with Crippen molar-refractivity contribution in [2.24, 2.45) is 5.73 Å². The number of pyridine rings is 1. The molecule has 3 aromatic carbocycles. The summed E-state index contributed by atoms with van der Waals surface area (Å²) in [6.07, 6.45) is 1.68. The lowest BCUT2D eigenvalue weighted by Gasteiger charge is -2.11. The summed E-state index contributed by atoms with van der Waals surface area (Å²) >= 11 is 0. The highest BCUT2D eigenvalue weighted by Crippen LogP contribution is 2.26. The minimum atomic E-state index is -0.567. The van der Waals surface area contributed by atoms with Crippen LogP contribution in [0.5, 0.6) is 0 Å². The number of carbonyl (C=O) groups is 2. The summed E-state index contributed by atoms with van der Waals surface area (Å²) in [5, 5.41) is 5.17. The highest BCUT2D eigenvalue weighted by Gasteiger charge is 2.16. The molecule has 5 heteroatoms. The molecule has 26 heavy (non-hydrogen) atoms. The first-order chi connectivity index (χ1) is 12.6. The molecular formula is C21H15N3O2. The van der Waals surface area contributed by atoms with Crippen LogP contribution >= 0.6 is 0 Å². The van der Waals surface area contributed by atoms with Gasteiger partial charge in [0, 0.05) is 28.1 Å². The molecule has 0 unspecified atom stereocenters. The van der Waals surface area contributed by atoms with Crippen LogP contribution < -0.4 is 11.1 Å². The van der Waals surface area contributed by atoms with Gasteiger partial charge in [-0.2, -0.15) is 0 Å². The van der Waals surface area contributed by atoms with Gasteiger partial charge >= 0.3 is 0 Å². The van der Waals surface area contributed by atoms with Crippen molar-refractivity contribution in [3.63, 3.8) is 0 Å². The Bertz CT molecular complexity index is 1160. The first-order valence-electron chi connectivity index (χ1n) is 8.12. The van der Waals surface area contributed by atoms with Crippen LogP contribution in [0.1, 0.15) is 20.7 Å². The van der Waals surface area contributed by atoms with Gasteiger partial charge in [0.2, 0.25) is 5.91 Å². The van der Waals surface area contributed by atoms with Gasteiger partial charge in [-0.25, -0.2) is 0 Å². The Labute approximate surface area is 149 Å². The van der Waals surface area contributed by atoms with Gasteiger partial charge in [0.15, 0.2) is 0 Å².